The van der Waals surface area contributed by atoms with Crippen molar-refractivity contribution in [1.29, 1.82) is 0 Å². The Bertz CT molecular complexity index is 506. The van der Waals surface area contributed by atoms with Gasteiger partial charge in [0.1, 0.15) is 0 Å². The van der Waals surface area contributed by atoms with Crippen molar-refractivity contribution in [2.45, 2.75) is 44.9 Å². The molecule has 0 aromatic carbocycles. The first-order valence-corrected chi connectivity index (χ1v) is 8.21. The molecule has 1 saturated carbocycles. The van der Waals surface area contributed by atoms with Gasteiger partial charge in [-0.2, -0.15) is 4.98 Å². The molecule has 122 valence electrons. The molecule has 1 saturated heterocycles. The fourth-order valence-corrected chi connectivity index (χ4v) is 3.28. The van der Waals surface area contributed by atoms with E-state index in [0.29, 0.717) is 18.5 Å². The van der Waals surface area contributed by atoms with Gasteiger partial charge in [-0.15, -0.1) is 5.10 Å². The van der Waals surface area contributed by atoms with Crippen LogP contribution in [0.5, 0.6) is 0 Å². The fourth-order valence-electron chi connectivity index (χ4n) is 3.28. The molecule has 1 aliphatic heterocycles. The molecule has 1 aliphatic carbocycles. The summed E-state index contributed by atoms with van der Waals surface area (Å²) in [7, 11) is 1.67. The quantitative estimate of drug-likeness (QED) is 0.839. The maximum absolute atomic E-state index is 12.5. The largest absolute Gasteiger partial charge is 0.385 e. The summed E-state index contributed by atoms with van der Waals surface area (Å²) >= 11 is 0. The molecule has 7 nitrogen and oxygen atoms in total. The Morgan fingerprint density at radius 1 is 1.32 bits per heavy atom. The topological polar surface area (TPSA) is 83.1 Å². The minimum Gasteiger partial charge on any atom is -0.385 e. The summed E-state index contributed by atoms with van der Waals surface area (Å²) in [6, 6.07) is 0. The number of H-pyrrole nitrogens is 1. The number of aromatic nitrogens is 3. The van der Waals surface area contributed by atoms with Crippen LogP contribution in [0.15, 0.2) is 0 Å². The average Bonchev–Trinajstić information content (AvgIpc) is 2.96. The van der Waals surface area contributed by atoms with E-state index in [9.17, 15) is 4.79 Å². The highest BCUT2D eigenvalue weighted by atomic mass is 16.5. The number of methoxy groups -OCH3 is 1. The molecule has 2 heterocycles. The third-order valence-electron chi connectivity index (χ3n) is 4.92. The predicted octanol–water partition coefficient (Wildman–Crippen LogP) is 1.94. The van der Waals surface area contributed by atoms with Gasteiger partial charge in [0, 0.05) is 26.8 Å². The lowest BCUT2D eigenvalue weighted by Crippen LogP contribution is -2.43. The fraction of sp³-hybridized carbons (Fsp3) is 0.800. The summed E-state index contributed by atoms with van der Waals surface area (Å²) in [6.45, 7) is 2.59. The zero-order valence-corrected chi connectivity index (χ0v) is 13.2. The van der Waals surface area contributed by atoms with Crippen molar-refractivity contribution in [2.24, 2.45) is 5.41 Å². The second-order valence-electron chi connectivity index (χ2n) is 6.36. The highest BCUT2D eigenvalue weighted by Gasteiger charge is 2.43. The van der Waals surface area contributed by atoms with E-state index in [1.807, 2.05) is 0 Å². The van der Waals surface area contributed by atoms with Crippen LogP contribution in [0, 0.1) is 5.41 Å². The SMILES string of the molecule is COCCC1(C(=O)Nc2nc(N3CCCCC3)n[nH]2)CCC1. The van der Waals surface area contributed by atoms with Crippen molar-refractivity contribution in [3.05, 3.63) is 0 Å². The van der Waals surface area contributed by atoms with Crippen molar-refractivity contribution in [3.63, 3.8) is 0 Å². The first-order valence-electron chi connectivity index (χ1n) is 8.21. The summed E-state index contributed by atoms with van der Waals surface area (Å²) in [4.78, 5) is 19.1. The van der Waals surface area contributed by atoms with Crippen LogP contribution in [0.25, 0.3) is 0 Å². The molecule has 3 rings (SSSR count). The Morgan fingerprint density at radius 3 is 2.73 bits per heavy atom. The monoisotopic (exact) mass is 307 g/mol. The molecule has 0 atom stereocenters. The number of anilines is 2. The van der Waals surface area contributed by atoms with E-state index < -0.39 is 0 Å². The van der Waals surface area contributed by atoms with Gasteiger partial charge in [0.2, 0.25) is 17.8 Å². The number of hydrogen-bond donors (Lipinski definition) is 2. The van der Waals surface area contributed by atoms with Crippen LogP contribution in [0.2, 0.25) is 0 Å². The summed E-state index contributed by atoms with van der Waals surface area (Å²) in [5, 5.41) is 9.98. The van der Waals surface area contributed by atoms with Crippen molar-refractivity contribution < 1.29 is 9.53 Å². The maximum atomic E-state index is 12.5. The number of nitrogens with one attached hydrogen (secondary N) is 2. The van der Waals surface area contributed by atoms with Crippen molar-refractivity contribution in [3.8, 4) is 0 Å². The Morgan fingerprint density at radius 2 is 2.09 bits per heavy atom. The van der Waals surface area contributed by atoms with Crippen LogP contribution in [0.3, 0.4) is 0 Å². The van der Waals surface area contributed by atoms with Gasteiger partial charge in [0.15, 0.2) is 0 Å². The van der Waals surface area contributed by atoms with E-state index in [4.69, 9.17) is 4.74 Å². The van der Waals surface area contributed by atoms with E-state index in [-0.39, 0.29) is 11.3 Å². The second-order valence-corrected chi connectivity index (χ2v) is 6.36. The Balaban J connectivity index is 1.60. The predicted molar refractivity (Wildman–Crippen MR) is 83.9 cm³/mol. The van der Waals surface area contributed by atoms with Crippen LogP contribution in [-0.2, 0) is 9.53 Å². The van der Waals surface area contributed by atoms with Crippen LogP contribution >= 0.6 is 0 Å². The number of amides is 1. The van der Waals surface area contributed by atoms with Gasteiger partial charge in [0.05, 0.1) is 5.41 Å². The first kappa shape index (κ1) is 15.3. The maximum Gasteiger partial charge on any atom is 0.246 e. The Labute approximate surface area is 130 Å². The molecule has 0 bridgehead atoms. The van der Waals surface area contributed by atoms with Gasteiger partial charge < -0.3 is 9.64 Å². The third-order valence-corrected chi connectivity index (χ3v) is 4.92. The Hall–Kier alpha value is -1.63. The molecule has 2 aliphatic rings. The van der Waals surface area contributed by atoms with Gasteiger partial charge in [-0.25, -0.2) is 5.10 Å². The van der Waals surface area contributed by atoms with Crippen LogP contribution in [-0.4, -0.2) is 47.9 Å². The molecule has 7 heteroatoms. The minimum atomic E-state index is -0.284. The van der Waals surface area contributed by atoms with Crippen LogP contribution in [0.4, 0.5) is 11.9 Å². The van der Waals surface area contributed by atoms with Gasteiger partial charge in [-0.1, -0.05) is 6.42 Å². The lowest BCUT2D eigenvalue weighted by molar-refractivity contribution is -0.131. The number of aromatic amines is 1. The Kier molecular flexibility index (Phi) is 4.61. The normalized spacial score (nSPS) is 20.5. The number of rotatable bonds is 6. The lowest BCUT2D eigenvalue weighted by atomic mass is 9.66. The molecule has 0 radical (unpaired) electrons. The number of carbonyl (C=O) groups excluding carboxylic acids is 1. The number of piperidine rings is 1. The number of nitrogens with zero attached hydrogens (tertiary/aromatic N) is 3. The van der Waals surface area contributed by atoms with Crippen LogP contribution in [0.1, 0.15) is 44.9 Å². The lowest BCUT2D eigenvalue weighted by Gasteiger charge is -2.39. The number of hydrogen-bond acceptors (Lipinski definition) is 5. The molecule has 0 spiro atoms. The summed E-state index contributed by atoms with van der Waals surface area (Å²) in [5.41, 5.74) is -0.284. The van der Waals surface area contributed by atoms with E-state index >= 15 is 0 Å². The second kappa shape index (κ2) is 6.64. The zero-order chi connectivity index (χ0) is 15.4. The molecular weight excluding hydrogens is 282 g/mol. The summed E-state index contributed by atoms with van der Waals surface area (Å²) < 4.78 is 5.13. The molecule has 2 fully saturated rings. The van der Waals surface area contributed by atoms with Gasteiger partial charge >= 0.3 is 0 Å². The van der Waals surface area contributed by atoms with E-state index in [1.165, 1.54) is 19.3 Å². The molecule has 2 N–H and O–H groups in total. The molecule has 1 aromatic heterocycles. The zero-order valence-electron chi connectivity index (χ0n) is 13.2. The summed E-state index contributed by atoms with van der Waals surface area (Å²) in [5.74, 6) is 1.18. The summed E-state index contributed by atoms with van der Waals surface area (Å²) in [6.07, 6.45) is 7.35. The van der Waals surface area contributed by atoms with Crippen molar-refractivity contribution in [2.75, 3.05) is 37.0 Å². The van der Waals surface area contributed by atoms with Gasteiger partial charge in [0.25, 0.3) is 0 Å². The molecule has 0 unspecified atom stereocenters. The smallest absolute Gasteiger partial charge is 0.246 e. The highest BCUT2D eigenvalue weighted by Crippen LogP contribution is 2.44. The standard InChI is InChI=1S/C15H25N5O2/c1-22-11-8-15(6-5-7-15)12(21)16-13-17-14(19-18-13)20-9-3-2-4-10-20/h2-11H2,1H3,(H2,16,17,18,19,21). The molecule has 1 amide bonds. The van der Waals surface area contributed by atoms with Crippen LogP contribution < -0.4 is 10.2 Å². The van der Waals surface area contributed by atoms with Gasteiger partial charge in [-0.05, 0) is 38.5 Å². The van der Waals surface area contributed by atoms with Crippen molar-refractivity contribution in [1.82, 2.24) is 15.2 Å². The number of ether oxygens (including phenoxy) is 1. The van der Waals surface area contributed by atoms with E-state index in [0.717, 1.165) is 38.8 Å². The van der Waals surface area contributed by atoms with E-state index in [1.54, 1.807) is 7.11 Å². The molecule has 1 aromatic rings. The molecule has 22 heavy (non-hydrogen) atoms. The van der Waals surface area contributed by atoms with Crippen molar-refractivity contribution >= 4 is 17.8 Å². The van der Waals surface area contributed by atoms with E-state index in [2.05, 4.69) is 25.4 Å². The highest BCUT2D eigenvalue weighted by molar-refractivity contribution is 5.94. The third kappa shape index (κ3) is 3.09. The average molecular weight is 307 g/mol. The van der Waals surface area contributed by atoms with Gasteiger partial charge in [-0.3, -0.25) is 10.1 Å². The molecular formula is C15H25N5O2. The minimum absolute atomic E-state index is 0.0390. The number of carbonyl (C=O) groups is 1. The first-order chi connectivity index (χ1) is 10.7.